The second-order valence-electron chi connectivity index (χ2n) is 6.62. The number of hydrogen-bond acceptors (Lipinski definition) is 5. The molecule has 0 spiro atoms. The summed E-state index contributed by atoms with van der Waals surface area (Å²) in [4.78, 5) is 40.6. The third-order valence-electron chi connectivity index (χ3n) is 4.69. The van der Waals surface area contributed by atoms with Crippen LogP contribution in [-0.2, 0) is 14.3 Å². The Labute approximate surface area is 173 Å². The van der Waals surface area contributed by atoms with Gasteiger partial charge in [0.2, 0.25) is 5.91 Å². The lowest BCUT2D eigenvalue weighted by Gasteiger charge is -2.21. The Morgan fingerprint density at radius 2 is 1.73 bits per heavy atom. The van der Waals surface area contributed by atoms with E-state index >= 15 is 0 Å². The zero-order valence-electron chi connectivity index (χ0n) is 16.6. The van der Waals surface area contributed by atoms with Gasteiger partial charge in [-0.2, -0.15) is 0 Å². The Morgan fingerprint density at radius 1 is 1.07 bits per heavy atom. The first-order valence-electron chi connectivity index (χ1n) is 9.27. The van der Waals surface area contributed by atoms with Crippen molar-refractivity contribution in [2.75, 3.05) is 37.6 Å². The lowest BCUT2D eigenvalue weighted by Crippen LogP contribution is -2.39. The minimum atomic E-state index is -0.990. The van der Waals surface area contributed by atoms with Crippen LogP contribution in [0.2, 0.25) is 0 Å². The van der Waals surface area contributed by atoms with Gasteiger partial charge in [0.1, 0.15) is 17.6 Å². The molecule has 2 aromatic rings. The predicted molar refractivity (Wildman–Crippen MR) is 108 cm³/mol. The summed E-state index contributed by atoms with van der Waals surface area (Å²) in [5, 5.41) is 2.71. The highest BCUT2D eigenvalue weighted by molar-refractivity contribution is 6.22. The van der Waals surface area contributed by atoms with E-state index in [0.717, 1.165) is 4.90 Å². The molecule has 30 heavy (non-hydrogen) atoms. The number of hydrogen-bond donors (Lipinski definition) is 1. The molecule has 1 aliphatic heterocycles. The number of anilines is 2. The number of urea groups is 1. The SMILES string of the molecule is COCCN1C(=O)N(c2ccc(F)cc2)C(=O)[C@@H]1CC(=O)Nc1ccc(OC)cc1. The largest absolute Gasteiger partial charge is 0.497 e. The molecule has 0 aromatic heterocycles. The molecule has 4 amide bonds. The normalized spacial score (nSPS) is 16.2. The number of nitrogens with zero attached hydrogens (tertiary/aromatic N) is 2. The number of nitrogens with one attached hydrogen (secondary N) is 1. The highest BCUT2D eigenvalue weighted by atomic mass is 19.1. The number of halogens is 1. The highest BCUT2D eigenvalue weighted by Gasteiger charge is 2.46. The second kappa shape index (κ2) is 9.36. The van der Waals surface area contributed by atoms with Crippen LogP contribution in [0, 0.1) is 5.82 Å². The summed E-state index contributed by atoms with van der Waals surface area (Å²) in [6, 6.07) is 10.2. The van der Waals surface area contributed by atoms with Crippen LogP contribution in [0.15, 0.2) is 48.5 Å². The van der Waals surface area contributed by atoms with Gasteiger partial charge in [-0.1, -0.05) is 0 Å². The molecule has 8 nitrogen and oxygen atoms in total. The maximum absolute atomic E-state index is 13.2. The molecule has 2 aromatic carbocycles. The number of ether oxygens (including phenoxy) is 2. The van der Waals surface area contributed by atoms with Crippen LogP contribution >= 0.6 is 0 Å². The van der Waals surface area contributed by atoms with Crippen LogP contribution in [0.25, 0.3) is 0 Å². The Hall–Kier alpha value is -3.46. The van der Waals surface area contributed by atoms with E-state index in [9.17, 15) is 18.8 Å². The van der Waals surface area contributed by atoms with Crippen LogP contribution in [0.3, 0.4) is 0 Å². The Morgan fingerprint density at radius 3 is 2.33 bits per heavy atom. The number of carbonyl (C=O) groups excluding carboxylic acids is 3. The standard InChI is InChI=1S/C21H22FN3O5/c1-29-12-11-24-18(13-19(26)23-15-5-9-17(30-2)10-6-15)20(27)25(21(24)28)16-7-3-14(22)4-8-16/h3-10,18H,11-13H2,1-2H3,(H,23,26)/t18-/m0/s1. The van der Waals surface area contributed by atoms with E-state index < -0.39 is 29.7 Å². The fraction of sp³-hybridized carbons (Fsp3) is 0.286. The summed E-state index contributed by atoms with van der Waals surface area (Å²) in [6.07, 6.45) is -0.224. The summed E-state index contributed by atoms with van der Waals surface area (Å²) in [6.45, 7) is 0.339. The van der Waals surface area contributed by atoms with Gasteiger partial charge in [0.05, 0.1) is 25.8 Å². The zero-order chi connectivity index (χ0) is 21.7. The van der Waals surface area contributed by atoms with E-state index in [1.165, 1.54) is 43.4 Å². The van der Waals surface area contributed by atoms with Crippen LogP contribution in [0.4, 0.5) is 20.6 Å². The molecule has 158 valence electrons. The summed E-state index contributed by atoms with van der Waals surface area (Å²) >= 11 is 0. The lowest BCUT2D eigenvalue weighted by molar-refractivity contribution is -0.124. The Balaban J connectivity index is 1.77. The third-order valence-corrected chi connectivity index (χ3v) is 4.69. The van der Waals surface area contributed by atoms with E-state index in [2.05, 4.69) is 5.32 Å². The third kappa shape index (κ3) is 4.57. The molecule has 1 saturated heterocycles. The van der Waals surface area contributed by atoms with Crippen molar-refractivity contribution < 1.29 is 28.2 Å². The van der Waals surface area contributed by atoms with Crippen molar-refractivity contribution in [2.24, 2.45) is 0 Å². The summed E-state index contributed by atoms with van der Waals surface area (Å²) in [7, 11) is 3.02. The van der Waals surface area contributed by atoms with Gasteiger partial charge in [-0.3, -0.25) is 9.59 Å². The van der Waals surface area contributed by atoms with Gasteiger partial charge >= 0.3 is 6.03 Å². The number of methoxy groups -OCH3 is 2. The van der Waals surface area contributed by atoms with E-state index in [1.54, 1.807) is 24.3 Å². The lowest BCUT2D eigenvalue weighted by atomic mass is 10.1. The quantitative estimate of drug-likeness (QED) is 0.670. The summed E-state index contributed by atoms with van der Waals surface area (Å²) < 4.78 is 23.3. The monoisotopic (exact) mass is 415 g/mol. The van der Waals surface area contributed by atoms with E-state index in [-0.39, 0.29) is 25.3 Å². The molecule has 0 radical (unpaired) electrons. The van der Waals surface area contributed by atoms with E-state index in [4.69, 9.17) is 9.47 Å². The van der Waals surface area contributed by atoms with Crippen molar-refractivity contribution in [1.82, 2.24) is 4.90 Å². The Bertz CT molecular complexity index is 917. The van der Waals surface area contributed by atoms with Gasteiger partial charge in [-0.25, -0.2) is 14.1 Å². The van der Waals surface area contributed by atoms with E-state index in [1.807, 2.05) is 0 Å². The number of amides is 4. The fourth-order valence-electron chi connectivity index (χ4n) is 3.17. The highest BCUT2D eigenvalue weighted by Crippen LogP contribution is 2.27. The first-order chi connectivity index (χ1) is 14.4. The van der Waals surface area contributed by atoms with Gasteiger partial charge in [-0.05, 0) is 48.5 Å². The van der Waals surface area contributed by atoms with Crippen LogP contribution < -0.4 is 15.0 Å². The molecule has 1 fully saturated rings. The molecule has 9 heteroatoms. The van der Waals surface area contributed by atoms with Gasteiger partial charge in [-0.15, -0.1) is 0 Å². The molecule has 1 atom stereocenters. The minimum Gasteiger partial charge on any atom is -0.497 e. The molecule has 1 N–H and O–H groups in total. The first kappa shape index (κ1) is 21.3. The van der Waals surface area contributed by atoms with Crippen LogP contribution in [0.5, 0.6) is 5.75 Å². The Kier molecular flexibility index (Phi) is 6.63. The topological polar surface area (TPSA) is 88.2 Å². The van der Waals surface area contributed by atoms with Crippen molar-refractivity contribution >= 4 is 29.2 Å². The van der Waals surface area contributed by atoms with Crippen LogP contribution in [-0.4, -0.2) is 56.2 Å². The molecule has 0 unspecified atom stereocenters. The number of imide groups is 1. The molecular weight excluding hydrogens is 393 g/mol. The van der Waals surface area contributed by atoms with Crippen molar-refractivity contribution in [2.45, 2.75) is 12.5 Å². The maximum Gasteiger partial charge on any atom is 0.332 e. The summed E-state index contributed by atoms with van der Waals surface area (Å²) in [5.74, 6) is -0.808. The average molecular weight is 415 g/mol. The smallest absolute Gasteiger partial charge is 0.332 e. The second-order valence-corrected chi connectivity index (χ2v) is 6.62. The first-order valence-corrected chi connectivity index (χ1v) is 9.27. The molecule has 0 bridgehead atoms. The fourth-order valence-corrected chi connectivity index (χ4v) is 3.17. The van der Waals surface area contributed by atoms with Crippen molar-refractivity contribution in [3.8, 4) is 5.75 Å². The van der Waals surface area contributed by atoms with Crippen molar-refractivity contribution in [3.05, 3.63) is 54.3 Å². The van der Waals surface area contributed by atoms with Gasteiger partial charge in [0.15, 0.2) is 0 Å². The number of rotatable bonds is 8. The molecule has 0 saturated carbocycles. The van der Waals surface area contributed by atoms with Crippen LogP contribution in [0.1, 0.15) is 6.42 Å². The predicted octanol–water partition coefficient (Wildman–Crippen LogP) is 2.65. The molecule has 3 rings (SSSR count). The average Bonchev–Trinajstić information content (AvgIpc) is 2.97. The van der Waals surface area contributed by atoms with E-state index in [0.29, 0.717) is 11.4 Å². The van der Waals surface area contributed by atoms with Crippen molar-refractivity contribution in [3.63, 3.8) is 0 Å². The minimum absolute atomic E-state index is 0.138. The number of carbonyl (C=O) groups is 3. The number of benzene rings is 2. The molecule has 1 heterocycles. The van der Waals surface area contributed by atoms with Gasteiger partial charge < -0.3 is 19.7 Å². The molecule has 1 aliphatic rings. The zero-order valence-corrected chi connectivity index (χ0v) is 16.6. The molecular formula is C21H22FN3O5. The van der Waals surface area contributed by atoms with Gasteiger partial charge in [0, 0.05) is 19.3 Å². The summed E-state index contributed by atoms with van der Waals surface area (Å²) in [5.41, 5.74) is 0.781. The van der Waals surface area contributed by atoms with Gasteiger partial charge in [0.25, 0.3) is 5.91 Å². The van der Waals surface area contributed by atoms with Crippen molar-refractivity contribution in [1.29, 1.82) is 0 Å². The molecule has 0 aliphatic carbocycles. The maximum atomic E-state index is 13.2.